The summed E-state index contributed by atoms with van der Waals surface area (Å²) in [5, 5.41) is 10.1. The van der Waals surface area contributed by atoms with Crippen molar-refractivity contribution in [3.63, 3.8) is 0 Å². The molecular weight excluding hydrogens is 380 g/mol. The van der Waals surface area contributed by atoms with Gasteiger partial charge in [-0.2, -0.15) is 0 Å². The van der Waals surface area contributed by atoms with Gasteiger partial charge in [-0.05, 0) is 36.6 Å². The monoisotopic (exact) mass is 400 g/mol. The molecule has 0 saturated heterocycles. The normalized spacial score (nSPS) is 14.1. The van der Waals surface area contributed by atoms with Crippen LogP contribution in [0.5, 0.6) is 0 Å². The molecule has 28 heavy (non-hydrogen) atoms. The van der Waals surface area contributed by atoms with Gasteiger partial charge < -0.3 is 9.64 Å². The maximum absolute atomic E-state index is 12.4. The maximum Gasteiger partial charge on any atom is 0.319 e. The highest BCUT2D eigenvalue weighted by molar-refractivity contribution is 8.00. The number of benzene rings is 2. The number of thioether (sulfide) groups is 1. The zero-order chi connectivity index (χ0) is 20.1. The maximum atomic E-state index is 12.4. The van der Waals surface area contributed by atoms with Gasteiger partial charge in [-0.3, -0.25) is 19.7 Å². The zero-order valence-corrected chi connectivity index (χ0v) is 16.2. The van der Waals surface area contributed by atoms with Gasteiger partial charge in [0.25, 0.3) is 11.6 Å². The molecule has 1 aliphatic heterocycles. The molecule has 1 aliphatic rings. The van der Waals surface area contributed by atoms with Crippen molar-refractivity contribution in [2.45, 2.75) is 30.0 Å². The molecule has 0 aliphatic carbocycles. The van der Waals surface area contributed by atoms with E-state index in [0.717, 1.165) is 12.0 Å². The quantitative estimate of drug-likeness (QED) is 0.320. The van der Waals surface area contributed by atoms with Crippen LogP contribution in [0.1, 0.15) is 18.1 Å². The average Bonchev–Trinajstić information content (AvgIpc) is 2.71. The zero-order valence-electron chi connectivity index (χ0n) is 15.4. The number of ether oxygens (including phenoxy) is 1. The summed E-state index contributed by atoms with van der Waals surface area (Å²) in [5.74, 6) is -0.704. The van der Waals surface area contributed by atoms with Crippen molar-refractivity contribution in [1.29, 1.82) is 0 Å². The summed E-state index contributed by atoms with van der Waals surface area (Å²) in [5.41, 5.74) is 2.36. The Morgan fingerprint density at radius 1 is 1.18 bits per heavy atom. The molecule has 1 atom stereocenters. The van der Waals surface area contributed by atoms with Gasteiger partial charge in [0.05, 0.1) is 4.92 Å². The third kappa shape index (κ3) is 4.89. The second kappa shape index (κ2) is 8.88. The first-order valence-electron chi connectivity index (χ1n) is 8.86. The molecule has 1 heterocycles. The van der Waals surface area contributed by atoms with Crippen LogP contribution in [-0.4, -0.2) is 40.1 Å². The summed E-state index contributed by atoms with van der Waals surface area (Å²) in [4.78, 5) is 37.2. The van der Waals surface area contributed by atoms with Crippen molar-refractivity contribution < 1.29 is 19.2 Å². The summed E-state index contributed by atoms with van der Waals surface area (Å²) in [7, 11) is 0. The molecular formula is C20H20N2O5S. The molecule has 0 radical (unpaired) electrons. The Hall–Kier alpha value is -2.87. The average molecular weight is 400 g/mol. The molecule has 1 unspecified atom stereocenters. The first-order chi connectivity index (χ1) is 13.4. The van der Waals surface area contributed by atoms with E-state index >= 15 is 0 Å². The number of nitro benzene ring substituents is 1. The minimum Gasteiger partial charge on any atom is -0.455 e. The molecule has 146 valence electrons. The van der Waals surface area contributed by atoms with Gasteiger partial charge in [0.2, 0.25) is 0 Å². The number of carbonyl (C=O) groups excluding carboxylic acids is 2. The summed E-state index contributed by atoms with van der Waals surface area (Å²) >= 11 is 1.23. The Morgan fingerprint density at radius 2 is 1.86 bits per heavy atom. The van der Waals surface area contributed by atoms with E-state index < -0.39 is 16.1 Å². The number of carbonyl (C=O) groups is 2. The van der Waals surface area contributed by atoms with Gasteiger partial charge in [0, 0.05) is 30.1 Å². The van der Waals surface area contributed by atoms with Crippen molar-refractivity contribution in [3.8, 4) is 0 Å². The van der Waals surface area contributed by atoms with E-state index in [4.69, 9.17) is 4.74 Å². The van der Waals surface area contributed by atoms with Crippen molar-refractivity contribution >= 4 is 29.3 Å². The highest BCUT2D eigenvalue weighted by Gasteiger charge is 2.23. The molecule has 0 saturated carbocycles. The molecule has 8 heteroatoms. The van der Waals surface area contributed by atoms with Crippen LogP contribution in [0.15, 0.2) is 53.4 Å². The van der Waals surface area contributed by atoms with Crippen LogP contribution in [0.25, 0.3) is 0 Å². The van der Waals surface area contributed by atoms with Crippen LogP contribution < -0.4 is 0 Å². The topological polar surface area (TPSA) is 89.7 Å². The third-order valence-corrected chi connectivity index (χ3v) is 5.60. The fourth-order valence-corrected chi connectivity index (χ4v) is 3.81. The highest BCUT2D eigenvalue weighted by Crippen LogP contribution is 2.26. The molecule has 2 aromatic rings. The van der Waals surface area contributed by atoms with E-state index in [1.165, 1.54) is 29.5 Å². The fraction of sp³-hybridized carbons (Fsp3) is 0.300. The minimum absolute atomic E-state index is 0.00622. The number of hydrogen-bond donors (Lipinski definition) is 0. The number of fused-ring (bicyclic) bond motifs is 1. The van der Waals surface area contributed by atoms with Crippen molar-refractivity contribution in [2.75, 3.05) is 13.2 Å². The Morgan fingerprint density at radius 3 is 2.54 bits per heavy atom. The second-order valence-electron chi connectivity index (χ2n) is 6.45. The molecule has 0 N–H and O–H groups in total. The van der Waals surface area contributed by atoms with Crippen molar-refractivity contribution in [2.24, 2.45) is 0 Å². The van der Waals surface area contributed by atoms with Crippen LogP contribution in [0.3, 0.4) is 0 Å². The van der Waals surface area contributed by atoms with Gasteiger partial charge in [0.15, 0.2) is 6.61 Å². The van der Waals surface area contributed by atoms with Gasteiger partial charge in [-0.15, -0.1) is 11.8 Å². The van der Waals surface area contributed by atoms with E-state index in [0.29, 0.717) is 18.0 Å². The van der Waals surface area contributed by atoms with E-state index in [1.807, 2.05) is 18.2 Å². The molecule has 0 bridgehead atoms. The Kier molecular flexibility index (Phi) is 6.30. The minimum atomic E-state index is -0.531. The molecule has 3 rings (SSSR count). The molecule has 0 aromatic heterocycles. The lowest BCUT2D eigenvalue weighted by atomic mass is 10.00. The number of non-ortho nitro benzene ring substituents is 1. The summed E-state index contributed by atoms with van der Waals surface area (Å²) in [6, 6.07) is 14.0. The number of nitro groups is 1. The van der Waals surface area contributed by atoms with Crippen LogP contribution in [0.2, 0.25) is 0 Å². The van der Waals surface area contributed by atoms with Gasteiger partial charge in [-0.25, -0.2) is 0 Å². The number of esters is 1. The lowest BCUT2D eigenvalue weighted by Gasteiger charge is -2.28. The number of amides is 1. The number of nitrogens with zero attached hydrogens (tertiary/aromatic N) is 2. The molecule has 1 amide bonds. The Labute approximate surface area is 166 Å². The van der Waals surface area contributed by atoms with E-state index in [2.05, 4.69) is 6.07 Å². The SMILES string of the molecule is CC(Sc1ccc([N+](=O)[O-])cc1)C(=O)OCC(=O)N1CCc2ccccc2C1. The lowest BCUT2D eigenvalue weighted by Crippen LogP contribution is -2.39. The van der Waals surface area contributed by atoms with Crippen molar-refractivity contribution in [1.82, 2.24) is 4.90 Å². The van der Waals surface area contributed by atoms with Crippen LogP contribution in [-0.2, 0) is 27.3 Å². The van der Waals surface area contributed by atoms with Gasteiger partial charge >= 0.3 is 5.97 Å². The molecule has 0 fully saturated rings. The van der Waals surface area contributed by atoms with E-state index in [-0.39, 0.29) is 18.2 Å². The number of rotatable bonds is 6. The summed E-state index contributed by atoms with van der Waals surface area (Å²) < 4.78 is 5.18. The fourth-order valence-electron chi connectivity index (χ4n) is 2.95. The number of hydrogen-bond acceptors (Lipinski definition) is 6. The Bertz CT molecular complexity index is 884. The molecule has 7 nitrogen and oxygen atoms in total. The van der Waals surface area contributed by atoms with E-state index in [1.54, 1.807) is 24.0 Å². The van der Waals surface area contributed by atoms with Crippen LogP contribution >= 0.6 is 11.8 Å². The van der Waals surface area contributed by atoms with E-state index in [9.17, 15) is 19.7 Å². The van der Waals surface area contributed by atoms with Crippen LogP contribution in [0.4, 0.5) is 5.69 Å². The first kappa shape index (κ1) is 19.9. The first-order valence-corrected chi connectivity index (χ1v) is 9.74. The lowest BCUT2D eigenvalue weighted by molar-refractivity contribution is -0.384. The van der Waals surface area contributed by atoms with Gasteiger partial charge in [0.1, 0.15) is 5.25 Å². The predicted octanol–water partition coefficient (Wildman–Crippen LogP) is 3.20. The highest BCUT2D eigenvalue weighted by atomic mass is 32.2. The largest absolute Gasteiger partial charge is 0.455 e. The summed E-state index contributed by atoms with van der Waals surface area (Å²) in [6.45, 7) is 2.53. The van der Waals surface area contributed by atoms with Gasteiger partial charge in [-0.1, -0.05) is 24.3 Å². The molecule has 0 spiro atoms. The second-order valence-corrected chi connectivity index (χ2v) is 7.87. The molecule has 2 aromatic carbocycles. The Balaban J connectivity index is 1.48. The third-order valence-electron chi connectivity index (χ3n) is 4.51. The standard InChI is InChI=1S/C20H20N2O5S/c1-14(28-18-8-6-17(7-9-18)22(25)26)20(24)27-13-19(23)21-11-10-15-4-2-3-5-16(15)12-21/h2-9,14H,10-13H2,1H3. The predicted molar refractivity (Wildman–Crippen MR) is 105 cm³/mol. The van der Waals surface area contributed by atoms with Crippen molar-refractivity contribution in [3.05, 3.63) is 69.8 Å². The van der Waals surface area contributed by atoms with Crippen LogP contribution in [0, 0.1) is 10.1 Å². The summed E-state index contributed by atoms with van der Waals surface area (Å²) in [6.07, 6.45) is 0.794. The smallest absolute Gasteiger partial charge is 0.319 e.